The van der Waals surface area contributed by atoms with Crippen LogP contribution in [0.1, 0.15) is 29.8 Å². The molecule has 0 amide bonds. The Morgan fingerprint density at radius 3 is 2.08 bits per heavy atom. The maximum Gasteiger partial charge on any atom is 0.189 e. The first-order valence-electron chi connectivity index (χ1n) is 4.03. The van der Waals surface area contributed by atoms with Crippen molar-refractivity contribution in [1.82, 2.24) is 0 Å². The summed E-state index contributed by atoms with van der Waals surface area (Å²) in [5.74, 6) is 0.183. The summed E-state index contributed by atoms with van der Waals surface area (Å²) >= 11 is 0. The predicted molar refractivity (Wildman–Crippen MR) is 49.0 cm³/mol. The maximum absolute atomic E-state index is 11.5. The van der Waals surface area contributed by atoms with E-state index in [0.29, 0.717) is 0 Å². The minimum Gasteiger partial charge on any atom is -0.289 e. The molecule has 2 rings (SSSR count). The summed E-state index contributed by atoms with van der Waals surface area (Å²) in [5, 5.41) is 0. The van der Waals surface area contributed by atoms with Crippen molar-refractivity contribution in [3.63, 3.8) is 0 Å². The van der Waals surface area contributed by atoms with E-state index in [4.69, 9.17) is 0 Å². The SMILES string of the molecule is CC1=C(C)c2ccccc2C1=O. The number of rotatable bonds is 0. The first-order valence-corrected chi connectivity index (χ1v) is 4.03. The van der Waals surface area contributed by atoms with Gasteiger partial charge in [-0.15, -0.1) is 0 Å². The van der Waals surface area contributed by atoms with Gasteiger partial charge in [-0.05, 0) is 25.0 Å². The van der Waals surface area contributed by atoms with Gasteiger partial charge in [-0.25, -0.2) is 0 Å². The van der Waals surface area contributed by atoms with Crippen LogP contribution in [0.5, 0.6) is 0 Å². The first kappa shape index (κ1) is 7.29. The Morgan fingerprint density at radius 2 is 1.50 bits per heavy atom. The quantitative estimate of drug-likeness (QED) is 0.567. The van der Waals surface area contributed by atoms with E-state index in [-0.39, 0.29) is 5.78 Å². The van der Waals surface area contributed by atoms with Crippen molar-refractivity contribution in [3.8, 4) is 0 Å². The van der Waals surface area contributed by atoms with Crippen molar-refractivity contribution in [1.29, 1.82) is 0 Å². The van der Waals surface area contributed by atoms with Crippen molar-refractivity contribution in [3.05, 3.63) is 41.0 Å². The van der Waals surface area contributed by atoms with Gasteiger partial charge in [-0.1, -0.05) is 24.3 Å². The van der Waals surface area contributed by atoms with Crippen LogP contribution in [0.2, 0.25) is 0 Å². The lowest BCUT2D eigenvalue weighted by atomic mass is 10.1. The number of ketones is 1. The Labute approximate surface area is 71.7 Å². The molecule has 0 spiro atoms. The van der Waals surface area contributed by atoms with E-state index < -0.39 is 0 Å². The van der Waals surface area contributed by atoms with Gasteiger partial charge in [0.15, 0.2) is 5.78 Å². The molecular weight excluding hydrogens is 148 g/mol. The predicted octanol–water partition coefficient (Wildman–Crippen LogP) is 2.68. The third kappa shape index (κ3) is 0.765. The highest BCUT2D eigenvalue weighted by atomic mass is 16.1. The van der Waals surface area contributed by atoms with Crippen molar-refractivity contribution in [2.24, 2.45) is 0 Å². The minimum atomic E-state index is 0.183. The van der Waals surface area contributed by atoms with Gasteiger partial charge in [-0.2, -0.15) is 0 Å². The Hall–Kier alpha value is -1.37. The summed E-state index contributed by atoms with van der Waals surface area (Å²) in [5.41, 5.74) is 3.96. The van der Waals surface area contributed by atoms with Crippen LogP contribution >= 0.6 is 0 Å². The van der Waals surface area contributed by atoms with Crippen molar-refractivity contribution in [2.75, 3.05) is 0 Å². The second-order valence-corrected chi connectivity index (χ2v) is 3.12. The molecule has 1 aromatic rings. The summed E-state index contributed by atoms with van der Waals surface area (Å²) < 4.78 is 0. The van der Waals surface area contributed by atoms with E-state index in [9.17, 15) is 4.79 Å². The summed E-state index contributed by atoms with van der Waals surface area (Å²) in [4.78, 5) is 11.5. The van der Waals surface area contributed by atoms with Crippen LogP contribution in [-0.4, -0.2) is 5.78 Å². The largest absolute Gasteiger partial charge is 0.289 e. The Kier molecular flexibility index (Phi) is 1.40. The molecule has 0 fully saturated rings. The van der Waals surface area contributed by atoms with E-state index >= 15 is 0 Å². The molecule has 0 aliphatic heterocycles. The monoisotopic (exact) mass is 158 g/mol. The highest BCUT2D eigenvalue weighted by molar-refractivity contribution is 6.19. The Morgan fingerprint density at radius 1 is 0.917 bits per heavy atom. The van der Waals surface area contributed by atoms with Gasteiger partial charge in [0.05, 0.1) is 0 Å². The number of carbonyl (C=O) groups excluding carboxylic acids is 1. The lowest BCUT2D eigenvalue weighted by Gasteiger charge is -1.96. The van der Waals surface area contributed by atoms with Crippen LogP contribution in [-0.2, 0) is 0 Å². The average Bonchev–Trinajstić information content (AvgIpc) is 2.33. The maximum atomic E-state index is 11.5. The second-order valence-electron chi connectivity index (χ2n) is 3.12. The van der Waals surface area contributed by atoms with Gasteiger partial charge in [0.25, 0.3) is 0 Å². The van der Waals surface area contributed by atoms with Crippen molar-refractivity contribution >= 4 is 11.4 Å². The van der Waals surface area contributed by atoms with E-state index in [1.165, 1.54) is 0 Å². The third-order valence-corrected chi connectivity index (χ3v) is 2.48. The van der Waals surface area contributed by atoms with Gasteiger partial charge in [-0.3, -0.25) is 4.79 Å². The average molecular weight is 158 g/mol. The van der Waals surface area contributed by atoms with Gasteiger partial charge in [0.1, 0.15) is 0 Å². The van der Waals surface area contributed by atoms with E-state index in [0.717, 1.165) is 22.3 Å². The van der Waals surface area contributed by atoms with Crippen LogP contribution in [0.15, 0.2) is 29.8 Å². The lowest BCUT2D eigenvalue weighted by molar-refractivity contribution is 0.103. The van der Waals surface area contributed by atoms with E-state index in [2.05, 4.69) is 0 Å². The summed E-state index contributed by atoms with van der Waals surface area (Å²) in [6.07, 6.45) is 0. The fourth-order valence-corrected chi connectivity index (χ4v) is 1.58. The number of carbonyl (C=O) groups is 1. The van der Waals surface area contributed by atoms with Gasteiger partial charge in [0, 0.05) is 11.1 Å². The minimum absolute atomic E-state index is 0.183. The number of Topliss-reactive ketones (excluding diaryl/α,β-unsaturated/α-hetero) is 1. The van der Waals surface area contributed by atoms with Crippen LogP contribution < -0.4 is 0 Å². The molecule has 1 aliphatic rings. The molecule has 0 unspecified atom stereocenters. The molecular formula is C11H10O. The highest BCUT2D eigenvalue weighted by Gasteiger charge is 2.22. The van der Waals surface area contributed by atoms with Gasteiger partial charge in [0.2, 0.25) is 0 Å². The van der Waals surface area contributed by atoms with Crippen LogP contribution in [0.25, 0.3) is 5.57 Å². The first-order chi connectivity index (χ1) is 5.72. The van der Waals surface area contributed by atoms with Gasteiger partial charge < -0.3 is 0 Å². The molecule has 1 nitrogen and oxygen atoms in total. The van der Waals surface area contributed by atoms with E-state index in [1.54, 1.807) is 0 Å². The number of hydrogen-bond donors (Lipinski definition) is 0. The molecule has 0 N–H and O–H groups in total. The number of benzene rings is 1. The van der Waals surface area contributed by atoms with Crippen LogP contribution in [0.4, 0.5) is 0 Å². The zero-order chi connectivity index (χ0) is 8.72. The number of hydrogen-bond acceptors (Lipinski definition) is 1. The number of allylic oxidation sites excluding steroid dienone is 2. The van der Waals surface area contributed by atoms with E-state index in [1.807, 2.05) is 38.1 Å². The summed E-state index contributed by atoms with van der Waals surface area (Å²) in [7, 11) is 0. The molecule has 1 aromatic carbocycles. The van der Waals surface area contributed by atoms with Crippen LogP contribution in [0.3, 0.4) is 0 Å². The molecule has 0 saturated carbocycles. The van der Waals surface area contributed by atoms with Crippen molar-refractivity contribution < 1.29 is 4.79 Å². The fourth-order valence-electron chi connectivity index (χ4n) is 1.58. The third-order valence-electron chi connectivity index (χ3n) is 2.48. The fraction of sp³-hybridized carbons (Fsp3) is 0.182. The molecule has 0 radical (unpaired) electrons. The molecule has 0 heterocycles. The molecule has 0 saturated heterocycles. The smallest absolute Gasteiger partial charge is 0.189 e. The molecule has 0 atom stereocenters. The summed E-state index contributed by atoms with van der Waals surface area (Å²) in [6.45, 7) is 3.89. The molecule has 0 aromatic heterocycles. The standard InChI is InChI=1S/C11H10O/c1-7-8(2)11(12)10-6-4-3-5-9(7)10/h3-6H,1-2H3. The molecule has 1 aliphatic carbocycles. The lowest BCUT2D eigenvalue weighted by Crippen LogP contribution is -1.94. The second kappa shape index (κ2) is 2.31. The van der Waals surface area contributed by atoms with Gasteiger partial charge >= 0.3 is 0 Å². The molecule has 1 heteroatoms. The number of fused-ring (bicyclic) bond motifs is 1. The summed E-state index contributed by atoms with van der Waals surface area (Å²) in [6, 6.07) is 7.76. The van der Waals surface area contributed by atoms with Crippen molar-refractivity contribution in [2.45, 2.75) is 13.8 Å². The Bertz CT molecular complexity index is 386. The Balaban J connectivity index is 2.73. The van der Waals surface area contributed by atoms with Crippen LogP contribution in [0, 0.1) is 0 Å². The molecule has 0 bridgehead atoms. The normalized spacial score (nSPS) is 15.3. The zero-order valence-corrected chi connectivity index (χ0v) is 7.22. The molecule has 60 valence electrons. The molecule has 12 heavy (non-hydrogen) atoms. The highest BCUT2D eigenvalue weighted by Crippen LogP contribution is 2.31. The zero-order valence-electron chi connectivity index (χ0n) is 7.22. The topological polar surface area (TPSA) is 17.1 Å².